The minimum absolute atomic E-state index is 0.118. The topological polar surface area (TPSA) is 70.6 Å². The molecule has 40 heavy (non-hydrogen) atoms. The molecule has 0 aliphatic carbocycles. The Bertz CT molecular complexity index is 1310. The zero-order valence-corrected chi connectivity index (χ0v) is 24.8. The van der Waals surface area contributed by atoms with Crippen LogP contribution in [0.5, 0.6) is 5.75 Å². The van der Waals surface area contributed by atoms with Crippen LogP contribution in [-0.2, 0) is 6.54 Å². The van der Waals surface area contributed by atoms with Crippen LogP contribution in [0.3, 0.4) is 0 Å². The summed E-state index contributed by atoms with van der Waals surface area (Å²) in [6.45, 7) is 10.9. The van der Waals surface area contributed by atoms with E-state index in [4.69, 9.17) is 16.3 Å². The number of nitrogens with zero attached hydrogens (tertiary/aromatic N) is 4. The number of methoxy groups -OCH3 is 1. The molecule has 0 saturated carbocycles. The average molecular weight is 568 g/mol. The highest BCUT2D eigenvalue weighted by Crippen LogP contribution is 2.31. The summed E-state index contributed by atoms with van der Waals surface area (Å²) >= 11 is 6.01. The number of halogens is 2. The Morgan fingerprint density at radius 2 is 1.95 bits per heavy atom. The summed E-state index contributed by atoms with van der Waals surface area (Å²) in [5, 5.41) is 3.45. The minimum atomic E-state index is -0.284. The molecule has 4 rings (SSSR count). The first-order valence-electron chi connectivity index (χ1n) is 13.8. The number of piperidine rings is 1. The number of likely N-dealkylation sites (tertiary alicyclic amines) is 1. The Morgan fingerprint density at radius 3 is 2.60 bits per heavy atom. The Labute approximate surface area is 241 Å². The molecule has 9 heteroatoms. The number of rotatable bonds is 10. The van der Waals surface area contributed by atoms with Crippen LogP contribution in [0.2, 0.25) is 5.15 Å². The van der Waals surface area contributed by atoms with Crippen LogP contribution in [0.4, 0.5) is 10.1 Å². The summed E-state index contributed by atoms with van der Waals surface area (Å²) in [7, 11) is 1.55. The van der Waals surface area contributed by atoms with Crippen molar-refractivity contribution in [3.63, 3.8) is 0 Å². The van der Waals surface area contributed by atoms with Gasteiger partial charge in [-0.05, 0) is 87.9 Å². The molecule has 7 nitrogen and oxygen atoms in total. The lowest BCUT2D eigenvalue weighted by Crippen LogP contribution is -2.48. The molecule has 1 aromatic carbocycles. The van der Waals surface area contributed by atoms with E-state index in [1.807, 2.05) is 31.3 Å². The summed E-state index contributed by atoms with van der Waals surface area (Å²) < 4.78 is 20.5. The van der Waals surface area contributed by atoms with Crippen molar-refractivity contribution in [1.82, 2.24) is 20.2 Å². The first-order valence-corrected chi connectivity index (χ1v) is 14.2. The van der Waals surface area contributed by atoms with Crippen molar-refractivity contribution in [2.45, 2.75) is 65.6 Å². The van der Waals surface area contributed by atoms with Gasteiger partial charge in [0.25, 0.3) is 5.91 Å². The molecule has 0 unspecified atom stereocenters. The van der Waals surface area contributed by atoms with E-state index < -0.39 is 0 Å². The number of carbonyl (C=O) groups is 1. The van der Waals surface area contributed by atoms with Crippen LogP contribution < -0.4 is 15.0 Å². The third-order valence-electron chi connectivity index (χ3n) is 7.96. The number of benzene rings is 1. The van der Waals surface area contributed by atoms with Gasteiger partial charge in [-0.3, -0.25) is 9.78 Å². The van der Waals surface area contributed by atoms with Crippen LogP contribution in [0.25, 0.3) is 0 Å². The van der Waals surface area contributed by atoms with Gasteiger partial charge in [-0.1, -0.05) is 11.6 Å². The maximum atomic E-state index is 15.3. The number of pyridine rings is 2. The number of aromatic nitrogens is 2. The van der Waals surface area contributed by atoms with E-state index in [-0.39, 0.29) is 17.8 Å². The summed E-state index contributed by atoms with van der Waals surface area (Å²) in [6, 6.07) is 9.29. The second-order valence-electron chi connectivity index (χ2n) is 10.6. The van der Waals surface area contributed by atoms with Crippen LogP contribution >= 0.6 is 11.6 Å². The molecular weight excluding hydrogens is 529 g/mol. The molecule has 3 aromatic rings. The lowest BCUT2D eigenvalue weighted by atomic mass is 9.98. The van der Waals surface area contributed by atoms with Gasteiger partial charge in [0.05, 0.1) is 24.1 Å². The van der Waals surface area contributed by atoms with E-state index >= 15 is 4.39 Å². The number of nitrogens with one attached hydrogen (secondary N) is 1. The number of amides is 1. The summed E-state index contributed by atoms with van der Waals surface area (Å²) in [5.74, 6) is 0.105. The molecule has 3 heterocycles. The fourth-order valence-electron chi connectivity index (χ4n) is 5.54. The van der Waals surface area contributed by atoms with Crippen molar-refractivity contribution in [2.24, 2.45) is 0 Å². The van der Waals surface area contributed by atoms with Gasteiger partial charge in [0.15, 0.2) is 0 Å². The highest BCUT2D eigenvalue weighted by Gasteiger charge is 2.29. The van der Waals surface area contributed by atoms with Crippen LogP contribution in [0.1, 0.15) is 58.9 Å². The highest BCUT2D eigenvalue weighted by molar-refractivity contribution is 6.29. The SMILES string of the molecule is COc1ccc(N(Cc2cnccc2C)C2CCN([C@H](C)CCNC(=O)c3c(C)cc(Cl)nc3C)CC2)c(F)c1. The molecule has 0 spiro atoms. The monoisotopic (exact) mass is 567 g/mol. The normalized spacial score (nSPS) is 15.1. The van der Waals surface area contributed by atoms with Gasteiger partial charge in [0.2, 0.25) is 0 Å². The summed E-state index contributed by atoms with van der Waals surface area (Å²) in [5.41, 5.74) is 4.86. The van der Waals surface area contributed by atoms with Gasteiger partial charge in [-0.25, -0.2) is 9.37 Å². The standard InChI is InChI=1S/C31H39ClFN5O2/c1-20-8-12-34-18-24(20)19-38(28-7-6-26(40-5)17-27(28)33)25-10-14-37(15-11-25)22(3)9-13-35-31(39)30-21(2)16-29(32)36-23(30)4/h6-8,12,16-18,22,25H,9-11,13-15,19H2,1-5H3,(H,35,39)/t22-/m1/s1. The second kappa shape index (κ2) is 13.4. The van der Waals surface area contributed by atoms with Crippen LogP contribution in [-0.4, -0.2) is 59.6 Å². The molecule has 1 fully saturated rings. The maximum absolute atomic E-state index is 15.3. The molecule has 1 atom stereocenters. The third-order valence-corrected chi connectivity index (χ3v) is 8.15. The molecule has 0 radical (unpaired) electrons. The largest absolute Gasteiger partial charge is 0.497 e. The predicted molar refractivity (Wildman–Crippen MR) is 158 cm³/mol. The van der Waals surface area contributed by atoms with Gasteiger partial charge < -0.3 is 19.9 Å². The quantitative estimate of drug-likeness (QED) is 0.308. The molecule has 214 valence electrons. The third kappa shape index (κ3) is 7.09. The van der Waals surface area contributed by atoms with Crippen molar-refractivity contribution in [2.75, 3.05) is 31.6 Å². The fourth-order valence-corrected chi connectivity index (χ4v) is 5.83. The number of hydrogen-bond acceptors (Lipinski definition) is 6. The second-order valence-corrected chi connectivity index (χ2v) is 11.0. The zero-order chi connectivity index (χ0) is 28.8. The maximum Gasteiger partial charge on any atom is 0.253 e. The van der Waals surface area contributed by atoms with Crippen molar-refractivity contribution in [1.29, 1.82) is 0 Å². The number of anilines is 1. The van der Waals surface area contributed by atoms with Gasteiger partial charge in [-0.15, -0.1) is 0 Å². The van der Waals surface area contributed by atoms with E-state index in [0.29, 0.717) is 47.0 Å². The summed E-state index contributed by atoms with van der Waals surface area (Å²) in [6.07, 6.45) is 6.32. The van der Waals surface area contributed by atoms with Gasteiger partial charge >= 0.3 is 0 Å². The molecule has 1 saturated heterocycles. The molecule has 1 aliphatic heterocycles. The van der Waals surface area contributed by atoms with E-state index in [0.717, 1.165) is 49.0 Å². The van der Waals surface area contributed by atoms with Crippen molar-refractivity contribution in [3.05, 3.63) is 81.6 Å². The van der Waals surface area contributed by atoms with Crippen molar-refractivity contribution < 1.29 is 13.9 Å². The lowest BCUT2D eigenvalue weighted by Gasteiger charge is -2.42. The van der Waals surface area contributed by atoms with Gasteiger partial charge in [0, 0.05) is 56.7 Å². The Kier molecular flexibility index (Phi) is 9.98. The molecule has 0 bridgehead atoms. The number of carbonyl (C=O) groups excluding carboxylic acids is 1. The summed E-state index contributed by atoms with van der Waals surface area (Å²) in [4.78, 5) is 26.0. The van der Waals surface area contributed by atoms with Crippen molar-refractivity contribution in [3.8, 4) is 5.75 Å². The van der Waals surface area contributed by atoms with E-state index in [1.54, 1.807) is 26.3 Å². The first-order chi connectivity index (χ1) is 19.2. The Hall–Kier alpha value is -3.23. The number of hydrogen-bond donors (Lipinski definition) is 1. The fraction of sp³-hybridized carbons (Fsp3) is 0.452. The lowest BCUT2D eigenvalue weighted by molar-refractivity contribution is 0.0943. The Balaban J connectivity index is 1.37. The minimum Gasteiger partial charge on any atom is -0.497 e. The van der Waals surface area contributed by atoms with Gasteiger partial charge in [-0.2, -0.15) is 0 Å². The van der Waals surface area contributed by atoms with Crippen LogP contribution in [0, 0.1) is 26.6 Å². The molecular formula is C31H39ClFN5O2. The molecule has 1 N–H and O–H groups in total. The van der Waals surface area contributed by atoms with E-state index in [1.165, 1.54) is 6.07 Å². The number of aryl methyl sites for hydroxylation is 3. The molecule has 1 aliphatic rings. The Morgan fingerprint density at radius 1 is 1.20 bits per heavy atom. The predicted octanol–water partition coefficient (Wildman–Crippen LogP) is 5.88. The van der Waals surface area contributed by atoms with Gasteiger partial charge in [0.1, 0.15) is 16.7 Å². The smallest absolute Gasteiger partial charge is 0.253 e. The highest BCUT2D eigenvalue weighted by atomic mass is 35.5. The number of ether oxygens (including phenoxy) is 1. The van der Waals surface area contributed by atoms with E-state index in [2.05, 4.69) is 38.9 Å². The van der Waals surface area contributed by atoms with Crippen molar-refractivity contribution >= 4 is 23.2 Å². The molecule has 1 amide bonds. The zero-order valence-electron chi connectivity index (χ0n) is 24.0. The average Bonchev–Trinajstić information content (AvgIpc) is 2.92. The van der Waals surface area contributed by atoms with E-state index in [9.17, 15) is 4.79 Å². The van der Waals surface area contributed by atoms with Crippen LogP contribution in [0.15, 0.2) is 42.7 Å². The first kappa shape index (κ1) is 29.7. The molecule has 2 aromatic heterocycles.